The summed E-state index contributed by atoms with van der Waals surface area (Å²) in [6.45, 7) is 1.92. The van der Waals surface area contributed by atoms with Crippen molar-refractivity contribution in [3.05, 3.63) is 75.2 Å². The Morgan fingerprint density at radius 3 is 2.76 bits per heavy atom. The summed E-state index contributed by atoms with van der Waals surface area (Å²) in [5.74, 6) is 0.878. The number of carbonyl (C=O) groups excluding carboxylic acids is 1. The second-order valence-corrected chi connectivity index (χ2v) is 7.78. The first-order valence-electron chi connectivity index (χ1n) is 8.76. The number of fused-ring (bicyclic) bond motifs is 1. The molecule has 4 aromatic rings. The number of ether oxygens (including phenoxy) is 1. The van der Waals surface area contributed by atoms with Crippen molar-refractivity contribution >= 4 is 50.2 Å². The van der Waals surface area contributed by atoms with Crippen LogP contribution in [-0.4, -0.2) is 18.0 Å². The predicted molar refractivity (Wildman–Crippen MR) is 118 cm³/mol. The maximum absolute atomic E-state index is 12.7. The van der Waals surface area contributed by atoms with E-state index in [-0.39, 0.29) is 5.91 Å². The first-order valence-corrected chi connectivity index (χ1v) is 9.93. The summed E-state index contributed by atoms with van der Waals surface area (Å²) in [6, 6.07) is 16.2. The van der Waals surface area contributed by atoms with Crippen LogP contribution in [0.1, 0.15) is 15.9 Å². The van der Waals surface area contributed by atoms with Crippen LogP contribution in [0.25, 0.3) is 22.6 Å². The van der Waals surface area contributed by atoms with Crippen molar-refractivity contribution in [2.24, 2.45) is 0 Å². The molecule has 0 atom stereocenters. The van der Waals surface area contributed by atoms with Gasteiger partial charge in [0.15, 0.2) is 5.58 Å². The summed E-state index contributed by atoms with van der Waals surface area (Å²) < 4.78 is 11.9. The number of nitrogens with one attached hydrogen (secondary N) is 1. The zero-order valence-corrected chi connectivity index (χ0v) is 18.0. The van der Waals surface area contributed by atoms with Gasteiger partial charge in [-0.25, -0.2) is 4.98 Å². The number of rotatable bonds is 4. The molecule has 0 aliphatic carbocycles. The zero-order valence-electron chi connectivity index (χ0n) is 15.6. The molecular formula is C22H16BrClN2O3. The van der Waals surface area contributed by atoms with Crippen LogP contribution in [0.2, 0.25) is 5.02 Å². The van der Waals surface area contributed by atoms with Gasteiger partial charge in [0.05, 0.1) is 17.7 Å². The van der Waals surface area contributed by atoms with Gasteiger partial charge in [-0.3, -0.25) is 4.79 Å². The average molecular weight is 472 g/mol. The van der Waals surface area contributed by atoms with Crippen LogP contribution in [0.15, 0.2) is 63.5 Å². The highest BCUT2D eigenvalue weighted by Gasteiger charge is 2.15. The Bertz CT molecular complexity index is 1240. The van der Waals surface area contributed by atoms with Gasteiger partial charge in [0.1, 0.15) is 11.3 Å². The number of nitrogens with zero attached hydrogens (tertiary/aromatic N) is 1. The van der Waals surface area contributed by atoms with Crippen molar-refractivity contribution < 1.29 is 13.9 Å². The van der Waals surface area contributed by atoms with E-state index in [9.17, 15) is 4.79 Å². The van der Waals surface area contributed by atoms with E-state index in [2.05, 4.69) is 26.2 Å². The van der Waals surface area contributed by atoms with E-state index in [4.69, 9.17) is 20.8 Å². The maximum Gasteiger partial charge on any atom is 0.257 e. The Labute approximate surface area is 180 Å². The minimum Gasteiger partial charge on any atom is -0.497 e. The van der Waals surface area contributed by atoms with E-state index in [0.717, 1.165) is 15.6 Å². The quantitative estimate of drug-likeness (QED) is 0.370. The van der Waals surface area contributed by atoms with Gasteiger partial charge in [-0.2, -0.15) is 0 Å². The molecule has 0 unspecified atom stereocenters. The monoisotopic (exact) mass is 470 g/mol. The molecule has 1 amide bonds. The number of methoxy groups -OCH3 is 1. The molecule has 1 heterocycles. The fourth-order valence-corrected chi connectivity index (χ4v) is 3.47. The molecule has 0 aliphatic rings. The van der Waals surface area contributed by atoms with Gasteiger partial charge < -0.3 is 14.5 Å². The van der Waals surface area contributed by atoms with Crippen LogP contribution >= 0.6 is 27.5 Å². The first-order chi connectivity index (χ1) is 13.9. The van der Waals surface area contributed by atoms with E-state index in [1.54, 1.807) is 25.3 Å². The van der Waals surface area contributed by atoms with E-state index in [0.29, 0.717) is 39.0 Å². The molecule has 0 aliphatic heterocycles. The number of benzene rings is 3. The van der Waals surface area contributed by atoms with Crippen LogP contribution in [0.4, 0.5) is 5.69 Å². The van der Waals surface area contributed by atoms with Crippen LogP contribution in [-0.2, 0) is 0 Å². The lowest BCUT2D eigenvalue weighted by Crippen LogP contribution is -2.13. The van der Waals surface area contributed by atoms with Crippen molar-refractivity contribution in [2.75, 3.05) is 12.4 Å². The number of hydrogen-bond acceptors (Lipinski definition) is 4. The SMILES string of the molecule is COc1ccc2oc(-c3ccc(C)c(NC(=O)c4cc(Br)ccc4Cl)c3)nc2c1. The van der Waals surface area contributed by atoms with E-state index in [1.807, 2.05) is 43.3 Å². The molecular weight excluding hydrogens is 456 g/mol. The van der Waals surface area contributed by atoms with Crippen LogP contribution in [0.3, 0.4) is 0 Å². The summed E-state index contributed by atoms with van der Waals surface area (Å²) in [4.78, 5) is 17.3. The van der Waals surface area contributed by atoms with Crippen molar-refractivity contribution in [1.29, 1.82) is 0 Å². The van der Waals surface area contributed by atoms with Crippen molar-refractivity contribution in [3.63, 3.8) is 0 Å². The molecule has 0 saturated heterocycles. The van der Waals surface area contributed by atoms with Crippen LogP contribution in [0, 0.1) is 6.92 Å². The normalized spacial score (nSPS) is 10.9. The van der Waals surface area contributed by atoms with E-state index >= 15 is 0 Å². The van der Waals surface area contributed by atoms with Gasteiger partial charge in [-0.1, -0.05) is 33.6 Å². The third-order valence-electron chi connectivity index (χ3n) is 4.50. The fourth-order valence-electron chi connectivity index (χ4n) is 2.91. The highest BCUT2D eigenvalue weighted by molar-refractivity contribution is 9.10. The Morgan fingerprint density at radius 2 is 1.97 bits per heavy atom. The second kappa shape index (κ2) is 7.89. The molecule has 0 saturated carbocycles. The summed E-state index contributed by atoms with van der Waals surface area (Å²) >= 11 is 9.54. The number of hydrogen-bond donors (Lipinski definition) is 1. The average Bonchev–Trinajstić information content (AvgIpc) is 3.14. The number of aromatic nitrogens is 1. The van der Waals surface area contributed by atoms with Crippen molar-refractivity contribution in [3.8, 4) is 17.2 Å². The molecule has 146 valence electrons. The topological polar surface area (TPSA) is 64.4 Å². The Morgan fingerprint density at radius 1 is 1.14 bits per heavy atom. The summed E-state index contributed by atoms with van der Waals surface area (Å²) in [5.41, 5.74) is 4.06. The molecule has 1 aromatic heterocycles. The Hall–Kier alpha value is -2.83. The van der Waals surface area contributed by atoms with Crippen molar-refractivity contribution in [1.82, 2.24) is 4.98 Å². The molecule has 7 heteroatoms. The molecule has 29 heavy (non-hydrogen) atoms. The fraction of sp³-hybridized carbons (Fsp3) is 0.0909. The minimum atomic E-state index is -0.293. The molecule has 0 radical (unpaired) electrons. The third-order valence-corrected chi connectivity index (χ3v) is 5.32. The number of anilines is 1. The van der Waals surface area contributed by atoms with Crippen molar-refractivity contribution in [2.45, 2.75) is 6.92 Å². The number of oxazole rings is 1. The molecule has 1 N–H and O–H groups in total. The molecule has 5 nitrogen and oxygen atoms in total. The summed E-state index contributed by atoms with van der Waals surface area (Å²) in [5, 5.41) is 3.30. The standard InChI is InChI=1S/C22H16BrClN2O3/c1-12-3-4-13(22-26-19-11-15(28-2)6-8-20(19)29-22)9-18(12)25-21(27)16-10-14(23)5-7-17(16)24/h3-11H,1-2H3,(H,25,27). The molecule has 3 aromatic carbocycles. The largest absolute Gasteiger partial charge is 0.497 e. The lowest BCUT2D eigenvalue weighted by Gasteiger charge is -2.11. The lowest BCUT2D eigenvalue weighted by molar-refractivity contribution is 0.102. The van der Waals surface area contributed by atoms with Gasteiger partial charge in [-0.15, -0.1) is 0 Å². The van der Waals surface area contributed by atoms with Crippen LogP contribution in [0.5, 0.6) is 5.75 Å². The van der Waals surface area contributed by atoms with E-state index < -0.39 is 0 Å². The van der Waals surface area contributed by atoms with Crippen LogP contribution < -0.4 is 10.1 Å². The number of halogens is 2. The number of carbonyl (C=O) groups is 1. The maximum atomic E-state index is 12.7. The summed E-state index contributed by atoms with van der Waals surface area (Å²) in [6.07, 6.45) is 0. The smallest absolute Gasteiger partial charge is 0.257 e. The van der Waals surface area contributed by atoms with Gasteiger partial charge in [0.2, 0.25) is 5.89 Å². The molecule has 0 spiro atoms. The lowest BCUT2D eigenvalue weighted by atomic mass is 10.1. The van der Waals surface area contributed by atoms with E-state index in [1.165, 1.54) is 0 Å². The molecule has 4 rings (SSSR count). The van der Waals surface area contributed by atoms with Gasteiger partial charge in [-0.05, 0) is 55.0 Å². The Balaban J connectivity index is 1.67. The number of aryl methyl sites for hydroxylation is 1. The third kappa shape index (κ3) is 3.99. The Kier molecular flexibility index (Phi) is 5.30. The first kappa shape index (κ1) is 19.5. The van der Waals surface area contributed by atoms with Gasteiger partial charge >= 0.3 is 0 Å². The number of amides is 1. The molecule has 0 bridgehead atoms. The van der Waals surface area contributed by atoms with Gasteiger partial charge in [0.25, 0.3) is 5.91 Å². The highest BCUT2D eigenvalue weighted by Crippen LogP contribution is 2.30. The molecule has 0 fully saturated rings. The zero-order chi connectivity index (χ0) is 20.5. The van der Waals surface area contributed by atoms with Gasteiger partial charge in [0, 0.05) is 21.8 Å². The highest BCUT2D eigenvalue weighted by atomic mass is 79.9. The second-order valence-electron chi connectivity index (χ2n) is 6.46. The minimum absolute atomic E-state index is 0.293. The summed E-state index contributed by atoms with van der Waals surface area (Å²) in [7, 11) is 1.61. The predicted octanol–water partition coefficient (Wildman–Crippen LogP) is 6.48.